The molecule has 1 fully saturated rings. The lowest BCUT2D eigenvalue weighted by atomic mass is 10.1. The number of hydrogen-bond acceptors (Lipinski definition) is 5. The molecular weight excluding hydrogens is 382 g/mol. The van der Waals surface area contributed by atoms with Crippen molar-refractivity contribution in [2.45, 2.75) is 19.6 Å². The van der Waals surface area contributed by atoms with Gasteiger partial charge in [-0.15, -0.1) is 0 Å². The van der Waals surface area contributed by atoms with Crippen molar-refractivity contribution < 1.29 is 19.1 Å². The number of amides is 2. The van der Waals surface area contributed by atoms with Crippen LogP contribution in [0.15, 0.2) is 48.5 Å². The molecule has 158 valence electrons. The molecule has 1 unspecified atom stereocenters. The largest absolute Gasteiger partial charge is 0.476 e. The zero-order valence-electron chi connectivity index (χ0n) is 17.4. The molecule has 1 saturated heterocycles. The molecule has 30 heavy (non-hydrogen) atoms. The Balaban J connectivity index is 1.50. The van der Waals surface area contributed by atoms with Gasteiger partial charge >= 0.3 is 0 Å². The van der Waals surface area contributed by atoms with E-state index in [2.05, 4.69) is 11.0 Å². The molecule has 4 rings (SSSR count). The highest BCUT2D eigenvalue weighted by Gasteiger charge is 2.34. The molecule has 7 heteroatoms. The Morgan fingerprint density at radius 3 is 2.43 bits per heavy atom. The lowest BCUT2D eigenvalue weighted by molar-refractivity contribution is -0.138. The SMILES string of the molecule is CC(=O)N1CC(C(=O)N(C)Cc2ccccc2N2CCOCC2)Oc2ccccc21. The minimum Gasteiger partial charge on any atom is -0.476 e. The number of hydrogen-bond donors (Lipinski definition) is 0. The molecule has 0 bridgehead atoms. The smallest absolute Gasteiger partial charge is 0.265 e. The standard InChI is InChI=1S/C23H27N3O4/c1-17(27)26-16-22(30-21-10-6-5-9-20(21)26)23(28)24(2)15-18-7-3-4-8-19(18)25-11-13-29-14-12-25/h3-10,22H,11-16H2,1-2H3. The van der Waals surface area contributed by atoms with Crippen molar-refractivity contribution in [1.82, 2.24) is 4.90 Å². The Morgan fingerprint density at radius 2 is 1.70 bits per heavy atom. The molecule has 2 aromatic rings. The highest BCUT2D eigenvalue weighted by atomic mass is 16.5. The van der Waals surface area contributed by atoms with Gasteiger partial charge in [-0.2, -0.15) is 0 Å². The van der Waals surface area contributed by atoms with Gasteiger partial charge in [-0.3, -0.25) is 9.59 Å². The number of morpholine rings is 1. The van der Waals surface area contributed by atoms with Gasteiger partial charge < -0.3 is 24.2 Å². The van der Waals surface area contributed by atoms with Crippen molar-refractivity contribution in [3.05, 3.63) is 54.1 Å². The van der Waals surface area contributed by atoms with E-state index in [0.29, 0.717) is 31.2 Å². The summed E-state index contributed by atoms with van der Waals surface area (Å²) >= 11 is 0. The molecule has 2 aliphatic heterocycles. The van der Waals surface area contributed by atoms with E-state index in [-0.39, 0.29) is 18.4 Å². The highest BCUT2D eigenvalue weighted by molar-refractivity contribution is 5.95. The van der Waals surface area contributed by atoms with E-state index in [9.17, 15) is 9.59 Å². The van der Waals surface area contributed by atoms with E-state index in [1.807, 2.05) is 36.4 Å². The van der Waals surface area contributed by atoms with Gasteiger partial charge in [0.05, 0.1) is 25.4 Å². The number of carbonyl (C=O) groups excluding carboxylic acids is 2. The molecule has 2 heterocycles. The predicted octanol–water partition coefficient (Wildman–Crippen LogP) is 2.30. The van der Waals surface area contributed by atoms with Crippen molar-refractivity contribution in [3.63, 3.8) is 0 Å². The van der Waals surface area contributed by atoms with Gasteiger partial charge in [0.1, 0.15) is 5.75 Å². The Kier molecular flexibility index (Phi) is 5.90. The summed E-state index contributed by atoms with van der Waals surface area (Å²) < 4.78 is 11.4. The van der Waals surface area contributed by atoms with Gasteiger partial charge in [0.15, 0.2) is 6.10 Å². The third-order valence-electron chi connectivity index (χ3n) is 5.56. The Morgan fingerprint density at radius 1 is 1.03 bits per heavy atom. The monoisotopic (exact) mass is 409 g/mol. The quantitative estimate of drug-likeness (QED) is 0.776. The zero-order valence-corrected chi connectivity index (χ0v) is 17.4. The Labute approximate surface area is 176 Å². The van der Waals surface area contributed by atoms with Crippen molar-refractivity contribution >= 4 is 23.2 Å². The number of rotatable bonds is 4. The first-order chi connectivity index (χ1) is 14.5. The maximum absolute atomic E-state index is 13.2. The van der Waals surface area contributed by atoms with Crippen molar-refractivity contribution in [2.75, 3.05) is 49.7 Å². The number of carbonyl (C=O) groups is 2. The van der Waals surface area contributed by atoms with Gasteiger partial charge in [0.25, 0.3) is 5.91 Å². The normalized spacial score (nSPS) is 18.4. The summed E-state index contributed by atoms with van der Waals surface area (Å²) in [4.78, 5) is 30.9. The molecule has 0 aliphatic carbocycles. The van der Waals surface area contributed by atoms with Crippen LogP contribution >= 0.6 is 0 Å². The minimum absolute atomic E-state index is 0.108. The molecule has 2 aromatic carbocycles. The second-order valence-electron chi connectivity index (χ2n) is 7.63. The number of likely N-dealkylation sites (N-methyl/N-ethyl adjacent to an activating group) is 1. The average Bonchev–Trinajstić information content (AvgIpc) is 2.78. The predicted molar refractivity (Wildman–Crippen MR) is 115 cm³/mol. The number of fused-ring (bicyclic) bond motifs is 1. The van der Waals surface area contributed by atoms with Crippen LogP contribution in [0.5, 0.6) is 5.75 Å². The van der Waals surface area contributed by atoms with E-state index in [1.54, 1.807) is 22.9 Å². The summed E-state index contributed by atoms with van der Waals surface area (Å²) in [5, 5.41) is 0. The van der Waals surface area contributed by atoms with Crippen LogP contribution < -0.4 is 14.5 Å². The first-order valence-corrected chi connectivity index (χ1v) is 10.2. The van der Waals surface area contributed by atoms with E-state index in [1.165, 1.54) is 6.92 Å². The highest BCUT2D eigenvalue weighted by Crippen LogP contribution is 2.33. The summed E-state index contributed by atoms with van der Waals surface area (Å²) in [6, 6.07) is 15.5. The molecule has 1 atom stereocenters. The van der Waals surface area contributed by atoms with E-state index in [4.69, 9.17) is 9.47 Å². The lowest BCUT2D eigenvalue weighted by Crippen LogP contribution is -2.50. The molecule has 0 N–H and O–H groups in total. The Bertz CT molecular complexity index is 926. The maximum atomic E-state index is 13.2. The summed E-state index contributed by atoms with van der Waals surface area (Å²) in [5.74, 6) is 0.302. The minimum atomic E-state index is -0.732. The fourth-order valence-electron chi connectivity index (χ4n) is 4.00. The van der Waals surface area contributed by atoms with Crippen LogP contribution in [0.3, 0.4) is 0 Å². The molecule has 0 radical (unpaired) electrons. The summed E-state index contributed by atoms with van der Waals surface area (Å²) in [6.07, 6.45) is -0.732. The first kappa shape index (κ1) is 20.2. The number of ether oxygens (including phenoxy) is 2. The maximum Gasteiger partial charge on any atom is 0.265 e. The van der Waals surface area contributed by atoms with Gasteiger partial charge in [0.2, 0.25) is 5.91 Å². The third kappa shape index (κ3) is 4.11. The van der Waals surface area contributed by atoms with Crippen molar-refractivity contribution in [3.8, 4) is 5.75 Å². The van der Waals surface area contributed by atoms with Crippen LogP contribution in [0.25, 0.3) is 0 Å². The molecule has 2 aliphatic rings. The molecule has 7 nitrogen and oxygen atoms in total. The van der Waals surface area contributed by atoms with Gasteiger partial charge in [-0.1, -0.05) is 30.3 Å². The number of nitrogens with zero attached hydrogens (tertiary/aromatic N) is 3. The topological polar surface area (TPSA) is 62.3 Å². The average molecular weight is 409 g/mol. The van der Waals surface area contributed by atoms with Crippen LogP contribution in [0, 0.1) is 0 Å². The van der Waals surface area contributed by atoms with Crippen LogP contribution in [-0.2, 0) is 20.9 Å². The molecular formula is C23H27N3O4. The summed E-state index contributed by atoms with van der Waals surface area (Å²) in [5.41, 5.74) is 2.91. The first-order valence-electron chi connectivity index (χ1n) is 10.2. The van der Waals surface area contributed by atoms with Crippen molar-refractivity contribution in [2.24, 2.45) is 0 Å². The fourth-order valence-corrected chi connectivity index (χ4v) is 4.00. The van der Waals surface area contributed by atoms with Gasteiger partial charge in [-0.25, -0.2) is 0 Å². The molecule has 2 amide bonds. The number of anilines is 2. The van der Waals surface area contributed by atoms with Crippen LogP contribution in [-0.4, -0.2) is 62.7 Å². The summed E-state index contributed by atoms with van der Waals surface area (Å²) in [7, 11) is 1.78. The van der Waals surface area contributed by atoms with Crippen LogP contribution in [0.1, 0.15) is 12.5 Å². The van der Waals surface area contributed by atoms with Crippen LogP contribution in [0.4, 0.5) is 11.4 Å². The third-order valence-corrected chi connectivity index (χ3v) is 5.56. The summed E-state index contributed by atoms with van der Waals surface area (Å²) in [6.45, 7) is 5.27. The van der Waals surface area contributed by atoms with E-state index in [0.717, 1.165) is 24.3 Å². The van der Waals surface area contributed by atoms with Gasteiger partial charge in [0, 0.05) is 39.3 Å². The fraction of sp³-hybridized carbons (Fsp3) is 0.391. The molecule has 0 spiro atoms. The Hall–Kier alpha value is -3.06. The van der Waals surface area contributed by atoms with E-state index < -0.39 is 6.10 Å². The van der Waals surface area contributed by atoms with Crippen molar-refractivity contribution in [1.29, 1.82) is 0 Å². The number of benzene rings is 2. The zero-order chi connectivity index (χ0) is 21.1. The second kappa shape index (κ2) is 8.75. The molecule has 0 saturated carbocycles. The van der Waals surface area contributed by atoms with Gasteiger partial charge in [-0.05, 0) is 23.8 Å². The number of para-hydroxylation sites is 3. The van der Waals surface area contributed by atoms with E-state index >= 15 is 0 Å². The van der Waals surface area contributed by atoms with Crippen LogP contribution in [0.2, 0.25) is 0 Å². The lowest BCUT2D eigenvalue weighted by Gasteiger charge is -2.35. The molecule has 0 aromatic heterocycles. The second-order valence-corrected chi connectivity index (χ2v) is 7.63.